The highest BCUT2D eigenvalue weighted by Gasteiger charge is 2.25. The summed E-state index contributed by atoms with van der Waals surface area (Å²) in [5.74, 6) is 2.67. The lowest BCUT2D eigenvalue weighted by Crippen LogP contribution is -1.98. The zero-order valence-electron chi connectivity index (χ0n) is 7.93. The van der Waals surface area contributed by atoms with Crippen LogP contribution >= 0.6 is 11.8 Å². The molecule has 2 atom stereocenters. The van der Waals surface area contributed by atoms with Gasteiger partial charge in [-0.3, -0.25) is 4.21 Å². The van der Waals surface area contributed by atoms with Crippen molar-refractivity contribution in [2.24, 2.45) is 0 Å². The number of hydrogen-bond donors (Lipinski definition) is 0. The lowest BCUT2D eigenvalue weighted by atomic mass is 10.2. The summed E-state index contributed by atoms with van der Waals surface area (Å²) in [6.07, 6.45) is 0. The molecule has 0 spiro atoms. The van der Waals surface area contributed by atoms with Crippen LogP contribution in [-0.2, 0) is 10.8 Å². The average molecular weight is 228 g/mol. The van der Waals surface area contributed by atoms with Gasteiger partial charge in [0.15, 0.2) is 0 Å². The van der Waals surface area contributed by atoms with Crippen LogP contribution in [0, 0.1) is 0 Å². The van der Waals surface area contributed by atoms with Crippen LogP contribution in [0.1, 0.15) is 10.1 Å². The molecule has 1 aliphatic rings. The van der Waals surface area contributed by atoms with Gasteiger partial charge in [0.25, 0.3) is 0 Å². The normalized spacial score (nSPS) is 26.4. The second kappa shape index (κ2) is 4.36. The van der Waals surface area contributed by atoms with Crippen LogP contribution in [0.15, 0.2) is 24.3 Å². The van der Waals surface area contributed by atoms with Crippen molar-refractivity contribution in [1.29, 1.82) is 0 Å². The number of rotatable bonds is 2. The van der Waals surface area contributed by atoms with Gasteiger partial charge in [-0.2, -0.15) is 0 Å². The van der Waals surface area contributed by atoms with E-state index in [0.717, 1.165) is 22.8 Å². The zero-order chi connectivity index (χ0) is 9.97. The van der Waals surface area contributed by atoms with Gasteiger partial charge in [0.05, 0.1) is 7.11 Å². The Kier molecular flexibility index (Phi) is 3.13. The summed E-state index contributed by atoms with van der Waals surface area (Å²) in [6, 6.07) is 7.84. The minimum Gasteiger partial charge on any atom is -0.497 e. The van der Waals surface area contributed by atoms with E-state index >= 15 is 0 Å². The molecule has 1 aromatic carbocycles. The van der Waals surface area contributed by atoms with Crippen molar-refractivity contribution in [3.8, 4) is 5.75 Å². The largest absolute Gasteiger partial charge is 0.497 e. The Morgan fingerprint density at radius 1 is 1.43 bits per heavy atom. The van der Waals surface area contributed by atoms with E-state index in [1.54, 1.807) is 18.9 Å². The first-order valence-electron chi connectivity index (χ1n) is 4.44. The molecule has 0 saturated carbocycles. The van der Waals surface area contributed by atoms with Gasteiger partial charge >= 0.3 is 0 Å². The van der Waals surface area contributed by atoms with Crippen molar-refractivity contribution in [3.63, 3.8) is 0 Å². The number of hydrogen-bond acceptors (Lipinski definition) is 3. The Hall–Kier alpha value is -0.480. The molecule has 0 aliphatic carbocycles. The molecule has 76 valence electrons. The first-order valence-corrected chi connectivity index (χ1v) is 6.87. The Labute approximate surface area is 90.5 Å². The highest BCUT2D eigenvalue weighted by Crippen LogP contribution is 2.38. The molecule has 1 aliphatic heterocycles. The maximum Gasteiger partial charge on any atom is 0.118 e. The number of thioether (sulfide) groups is 1. The summed E-state index contributed by atoms with van der Waals surface area (Å²) in [5, 5.41) is 0. The Morgan fingerprint density at radius 3 is 2.64 bits per heavy atom. The molecule has 1 aromatic rings. The first-order chi connectivity index (χ1) is 6.81. The first kappa shape index (κ1) is 10.1. The SMILES string of the molecule is COc1ccc(C2SCCS2=O)cc1. The van der Waals surface area contributed by atoms with Gasteiger partial charge in [-0.25, -0.2) is 0 Å². The van der Waals surface area contributed by atoms with Crippen LogP contribution in [0.3, 0.4) is 0 Å². The van der Waals surface area contributed by atoms with Crippen LogP contribution in [0.5, 0.6) is 5.75 Å². The topological polar surface area (TPSA) is 26.3 Å². The van der Waals surface area contributed by atoms with Crippen molar-refractivity contribution in [3.05, 3.63) is 29.8 Å². The van der Waals surface area contributed by atoms with E-state index in [0.29, 0.717) is 0 Å². The van der Waals surface area contributed by atoms with E-state index in [4.69, 9.17) is 4.74 Å². The van der Waals surface area contributed by atoms with Crippen LogP contribution in [0.25, 0.3) is 0 Å². The standard InChI is InChI=1S/C10H12O2S2/c1-12-9-4-2-8(3-5-9)10-13-6-7-14(10)11/h2-5,10H,6-7H2,1H3. The average Bonchev–Trinajstić information content (AvgIpc) is 2.65. The molecule has 4 heteroatoms. The predicted octanol–water partition coefficient (Wildman–Crippen LogP) is 2.19. The molecule has 14 heavy (non-hydrogen) atoms. The minimum atomic E-state index is -0.698. The van der Waals surface area contributed by atoms with E-state index in [9.17, 15) is 4.21 Å². The highest BCUT2D eigenvalue weighted by molar-refractivity contribution is 8.13. The molecule has 0 bridgehead atoms. The fraction of sp³-hybridized carbons (Fsp3) is 0.400. The van der Waals surface area contributed by atoms with Gasteiger partial charge in [-0.15, -0.1) is 11.8 Å². The molecule has 1 fully saturated rings. The molecule has 2 rings (SSSR count). The number of benzene rings is 1. The van der Waals surface area contributed by atoms with Crippen LogP contribution in [0.2, 0.25) is 0 Å². The maximum atomic E-state index is 11.6. The second-order valence-electron chi connectivity index (χ2n) is 3.06. The molecule has 0 N–H and O–H groups in total. The molecule has 0 aromatic heterocycles. The van der Waals surface area contributed by atoms with Gasteiger partial charge in [-0.1, -0.05) is 12.1 Å². The smallest absolute Gasteiger partial charge is 0.118 e. The lowest BCUT2D eigenvalue weighted by Gasteiger charge is -2.08. The van der Waals surface area contributed by atoms with Crippen molar-refractivity contribution in [1.82, 2.24) is 0 Å². The number of ether oxygens (including phenoxy) is 1. The van der Waals surface area contributed by atoms with Crippen LogP contribution in [0.4, 0.5) is 0 Å². The Bertz CT molecular complexity index is 334. The zero-order valence-corrected chi connectivity index (χ0v) is 9.57. The van der Waals surface area contributed by atoms with Gasteiger partial charge in [0.1, 0.15) is 10.3 Å². The van der Waals surface area contributed by atoms with Crippen molar-refractivity contribution >= 4 is 22.6 Å². The molecule has 1 heterocycles. The van der Waals surface area contributed by atoms with E-state index in [1.165, 1.54) is 0 Å². The summed E-state index contributed by atoms with van der Waals surface area (Å²) in [7, 11) is 0.952. The lowest BCUT2D eigenvalue weighted by molar-refractivity contribution is 0.414. The summed E-state index contributed by atoms with van der Waals surface area (Å²) < 4.78 is 16.8. The van der Waals surface area contributed by atoms with E-state index in [2.05, 4.69) is 0 Å². The third-order valence-electron chi connectivity index (χ3n) is 2.18. The third kappa shape index (κ3) is 1.96. The molecule has 2 unspecified atom stereocenters. The van der Waals surface area contributed by atoms with Gasteiger partial charge in [0, 0.05) is 22.3 Å². The molecule has 0 radical (unpaired) electrons. The maximum absolute atomic E-state index is 11.6. The van der Waals surface area contributed by atoms with Crippen molar-refractivity contribution in [2.45, 2.75) is 4.58 Å². The Morgan fingerprint density at radius 2 is 2.14 bits per heavy atom. The van der Waals surface area contributed by atoms with Crippen molar-refractivity contribution < 1.29 is 8.95 Å². The monoisotopic (exact) mass is 228 g/mol. The minimum absolute atomic E-state index is 0.168. The third-order valence-corrected chi connectivity index (χ3v) is 5.86. The van der Waals surface area contributed by atoms with Crippen LogP contribution < -0.4 is 4.74 Å². The second-order valence-corrected chi connectivity index (χ2v) is 6.21. The summed E-state index contributed by atoms with van der Waals surface area (Å²) >= 11 is 1.78. The number of methoxy groups -OCH3 is 1. The van der Waals surface area contributed by atoms with Gasteiger partial charge in [-0.05, 0) is 17.7 Å². The van der Waals surface area contributed by atoms with E-state index in [1.807, 2.05) is 24.3 Å². The molecule has 2 nitrogen and oxygen atoms in total. The molecule has 1 saturated heterocycles. The fourth-order valence-electron chi connectivity index (χ4n) is 1.43. The van der Waals surface area contributed by atoms with E-state index in [-0.39, 0.29) is 4.58 Å². The predicted molar refractivity (Wildman–Crippen MR) is 61.2 cm³/mol. The van der Waals surface area contributed by atoms with E-state index < -0.39 is 10.8 Å². The highest BCUT2D eigenvalue weighted by atomic mass is 32.2. The van der Waals surface area contributed by atoms with Gasteiger partial charge in [0.2, 0.25) is 0 Å². The summed E-state index contributed by atoms with van der Waals surface area (Å²) in [5.41, 5.74) is 1.15. The molecular weight excluding hydrogens is 216 g/mol. The summed E-state index contributed by atoms with van der Waals surface area (Å²) in [6.45, 7) is 0. The quantitative estimate of drug-likeness (QED) is 0.776. The molecular formula is C10H12O2S2. The van der Waals surface area contributed by atoms with Crippen molar-refractivity contribution in [2.75, 3.05) is 18.6 Å². The fourth-order valence-corrected chi connectivity index (χ4v) is 4.89. The van der Waals surface area contributed by atoms with Gasteiger partial charge < -0.3 is 4.74 Å². The Balaban J connectivity index is 2.20. The molecule has 0 amide bonds. The summed E-state index contributed by atoms with van der Waals surface area (Å²) in [4.78, 5) is 0. The van der Waals surface area contributed by atoms with Crippen LogP contribution in [-0.4, -0.2) is 22.8 Å².